The number of nitrogens with zero attached hydrogens (tertiary/aromatic N) is 1. The number of benzene rings is 3. The number of hydrogen-bond donors (Lipinski definition) is 2. The van der Waals surface area contributed by atoms with Crippen molar-refractivity contribution in [2.45, 2.75) is 38.8 Å². The third kappa shape index (κ3) is 6.22. The minimum Gasteiger partial charge on any atom is -0.489 e. The van der Waals surface area contributed by atoms with Crippen molar-refractivity contribution in [3.8, 4) is 16.9 Å². The fourth-order valence-electron chi connectivity index (χ4n) is 4.56. The zero-order chi connectivity index (χ0) is 25.5. The molecule has 3 N–H and O–H groups in total. The molecule has 1 aliphatic rings. The summed E-state index contributed by atoms with van der Waals surface area (Å²) in [5.41, 5.74) is 10.5. The molecule has 1 atom stereocenters. The molecule has 4 rings (SSSR count). The topological polar surface area (TPSA) is 85.0 Å². The standard InChI is InChI=1S/C29H33FN2O4/c1-2-6-26(31)25-9-5-8-24(29(25)30)22-15-20(16-23(17-22)32-11-13-35-14-12-32)19-36-27-10-4-3-7-21(27)18-28(33)34/h3-5,7-10,15-17,26H,2,6,11-14,18-19,31H2,1H3,(H,33,34). The number of carboxylic acid groups (broad SMARTS) is 1. The van der Waals surface area contributed by atoms with Crippen LogP contribution in [0.4, 0.5) is 10.1 Å². The van der Waals surface area contributed by atoms with Crippen LogP contribution in [-0.2, 0) is 22.6 Å². The number of halogens is 1. The van der Waals surface area contributed by atoms with Gasteiger partial charge in [-0.2, -0.15) is 0 Å². The number of carbonyl (C=O) groups is 1. The van der Waals surface area contributed by atoms with Crippen molar-refractivity contribution in [3.63, 3.8) is 0 Å². The van der Waals surface area contributed by atoms with E-state index in [0.29, 0.717) is 42.1 Å². The lowest BCUT2D eigenvalue weighted by atomic mass is 9.95. The first-order valence-electron chi connectivity index (χ1n) is 12.4. The van der Waals surface area contributed by atoms with Crippen LogP contribution in [0.5, 0.6) is 5.75 Å². The summed E-state index contributed by atoms with van der Waals surface area (Å²) in [7, 11) is 0. The van der Waals surface area contributed by atoms with E-state index >= 15 is 4.39 Å². The number of anilines is 1. The summed E-state index contributed by atoms with van der Waals surface area (Å²) in [5.74, 6) is -0.688. The predicted molar refractivity (Wildman–Crippen MR) is 139 cm³/mol. The highest BCUT2D eigenvalue weighted by molar-refractivity contribution is 5.72. The number of nitrogens with two attached hydrogens (primary N) is 1. The second kappa shape index (κ2) is 12.0. The van der Waals surface area contributed by atoms with Gasteiger partial charge in [0.15, 0.2) is 0 Å². The third-order valence-electron chi connectivity index (χ3n) is 6.40. The molecular weight excluding hydrogens is 459 g/mol. The molecular formula is C29H33FN2O4. The molecule has 7 heteroatoms. The van der Waals surface area contributed by atoms with Gasteiger partial charge in [-0.1, -0.05) is 49.7 Å². The Morgan fingerprint density at radius 3 is 2.67 bits per heavy atom. The van der Waals surface area contributed by atoms with Crippen LogP contribution in [-0.4, -0.2) is 37.4 Å². The van der Waals surface area contributed by atoms with Crippen molar-refractivity contribution in [1.82, 2.24) is 0 Å². The molecule has 1 saturated heterocycles. The van der Waals surface area contributed by atoms with Crippen LogP contribution in [0.2, 0.25) is 0 Å². The molecule has 0 aliphatic carbocycles. The van der Waals surface area contributed by atoms with E-state index in [0.717, 1.165) is 36.3 Å². The van der Waals surface area contributed by atoms with Crippen molar-refractivity contribution in [2.24, 2.45) is 5.73 Å². The number of para-hydroxylation sites is 1. The minimum absolute atomic E-state index is 0.120. The van der Waals surface area contributed by atoms with E-state index in [9.17, 15) is 9.90 Å². The van der Waals surface area contributed by atoms with Gasteiger partial charge >= 0.3 is 5.97 Å². The van der Waals surface area contributed by atoms with Gasteiger partial charge in [-0.25, -0.2) is 4.39 Å². The number of morpholine rings is 1. The van der Waals surface area contributed by atoms with Crippen molar-refractivity contribution in [2.75, 3.05) is 31.2 Å². The van der Waals surface area contributed by atoms with Crippen molar-refractivity contribution in [1.29, 1.82) is 0 Å². The summed E-state index contributed by atoms with van der Waals surface area (Å²) < 4.78 is 27.2. The van der Waals surface area contributed by atoms with Gasteiger partial charge in [-0.05, 0) is 41.8 Å². The summed E-state index contributed by atoms with van der Waals surface area (Å²) in [4.78, 5) is 13.5. The third-order valence-corrected chi connectivity index (χ3v) is 6.40. The molecule has 1 heterocycles. The number of hydrogen-bond acceptors (Lipinski definition) is 5. The summed E-state index contributed by atoms with van der Waals surface area (Å²) >= 11 is 0. The maximum atomic E-state index is 15.7. The first-order chi connectivity index (χ1) is 17.5. The Morgan fingerprint density at radius 2 is 1.92 bits per heavy atom. The lowest BCUT2D eigenvalue weighted by Crippen LogP contribution is -2.36. The van der Waals surface area contributed by atoms with Gasteiger partial charge < -0.3 is 25.2 Å². The van der Waals surface area contributed by atoms with E-state index in [1.165, 1.54) is 0 Å². The van der Waals surface area contributed by atoms with Crippen LogP contribution >= 0.6 is 0 Å². The number of ether oxygens (including phenoxy) is 2. The molecule has 1 unspecified atom stereocenters. The Bertz CT molecular complexity index is 1190. The maximum absolute atomic E-state index is 15.7. The van der Waals surface area contributed by atoms with Crippen molar-refractivity contribution in [3.05, 3.63) is 83.2 Å². The molecule has 6 nitrogen and oxygen atoms in total. The van der Waals surface area contributed by atoms with Crippen LogP contribution in [0.3, 0.4) is 0 Å². The van der Waals surface area contributed by atoms with E-state index in [-0.39, 0.29) is 24.9 Å². The van der Waals surface area contributed by atoms with Gasteiger partial charge in [0, 0.05) is 41.5 Å². The second-order valence-corrected chi connectivity index (χ2v) is 9.06. The van der Waals surface area contributed by atoms with E-state index in [2.05, 4.69) is 4.90 Å². The van der Waals surface area contributed by atoms with Crippen LogP contribution in [0.1, 0.15) is 42.5 Å². The van der Waals surface area contributed by atoms with Gasteiger partial charge in [0.1, 0.15) is 18.2 Å². The highest BCUT2D eigenvalue weighted by atomic mass is 19.1. The number of aliphatic carboxylic acids is 1. The number of rotatable bonds is 10. The molecule has 1 aliphatic heterocycles. The first-order valence-corrected chi connectivity index (χ1v) is 12.4. The molecule has 0 bridgehead atoms. The zero-order valence-electron chi connectivity index (χ0n) is 20.6. The van der Waals surface area contributed by atoms with Crippen molar-refractivity contribution >= 4 is 11.7 Å². The van der Waals surface area contributed by atoms with Gasteiger partial charge in [-0.15, -0.1) is 0 Å². The highest BCUT2D eigenvalue weighted by Gasteiger charge is 2.18. The van der Waals surface area contributed by atoms with Crippen LogP contribution in [0, 0.1) is 5.82 Å². The summed E-state index contributed by atoms with van der Waals surface area (Å²) in [6, 6.07) is 18.1. The molecule has 0 aromatic heterocycles. The molecule has 0 radical (unpaired) electrons. The van der Waals surface area contributed by atoms with E-state index in [1.54, 1.807) is 30.3 Å². The SMILES string of the molecule is CCCC(N)c1cccc(-c2cc(COc3ccccc3CC(=O)O)cc(N3CCOCC3)c2)c1F. The average Bonchev–Trinajstić information content (AvgIpc) is 2.88. The summed E-state index contributed by atoms with van der Waals surface area (Å²) in [5, 5.41) is 9.22. The fraction of sp³-hybridized carbons (Fsp3) is 0.345. The lowest BCUT2D eigenvalue weighted by molar-refractivity contribution is -0.136. The summed E-state index contributed by atoms with van der Waals surface area (Å²) in [6.45, 7) is 5.01. The molecule has 3 aromatic rings. The summed E-state index contributed by atoms with van der Waals surface area (Å²) in [6.07, 6.45) is 1.47. The molecule has 0 spiro atoms. The van der Waals surface area contributed by atoms with Crippen molar-refractivity contribution < 1.29 is 23.8 Å². The van der Waals surface area contributed by atoms with Crippen LogP contribution < -0.4 is 15.4 Å². The molecule has 0 amide bonds. The van der Waals surface area contributed by atoms with Crippen LogP contribution in [0.25, 0.3) is 11.1 Å². The monoisotopic (exact) mass is 492 g/mol. The Morgan fingerprint density at radius 1 is 1.14 bits per heavy atom. The van der Waals surface area contributed by atoms with Gasteiger partial charge in [-0.3, -0.25) is 4.79 Å². The molecule has 0 saturated carbocycles. The molecule has 1 fully saturated rings. The molecule has 36 heavy (non-hydrogen) atoms. The van der Waals surface area contributed by atoms with Gasteiger partial charge in [0.05, 0.1) is 19.6 Å². The maximum Gasteiger partial charge on any atom is 0.307 e. The molecule has 190 valence electrons. The average molecular weight is 493 g/mol. The Labute approximate surface area is 211 Å². The van der Waals surface area contributed by atoms with E-state index < -0.39 is 5.97 Å². The fourth-order valence-corrected chi connectivity index (χ4v) is 4.56. The van der Waals surface area contributed by atoms with E-state index in [1.807, 2.05) is 37.3 Å². The quantitative estimate of drug-likeness (QED) is 0.398. The van der Waals surface area contributed by atoms with Crippen LogP contribution in [0.15, 0.2) is 60.7 Å². The highest BCUT2D eigenvalue weighted by Crippen LogP contribution is 2.33. The zero-order valence-corrected chi connectivity index (χ0v) is 20.6. The first kappa shape index (κ1) is 25.7. The lowest BCUT2D eigenvalue weighted by Gasteiger charge is -2.30. The minimum atomic E-state index is -0.917. The molecule has 3 aromatic carbocycles. The van der Waals surface area contributed by atoms with Gasteiger partial charge in [0.2, 0.25) is 0 Å². The Hall–Kier alpha value is -3.42. The Balaban J connectivity index is 1.69. The predicted octanol–water partition coefficient (Wildman–Crippen LogP) is 5.34. The normalized spacial score (nSPS) is 14.5. The second-order valence-electron chi connectivity index (χ2n) is 9.06. The largest absolute Gasteiger partial charge is 0.489 e. The van der Waals surface area contributed by atoms with Gasteiger partial charge in [0.25, 0.3) is 0 Å². The van der Waals surface area contributed by atoms with E-state index in [4.69, 9.17) is 15.2 Å². The Kier molecular flexibility index (Phi) is 8.57. The number of carboxylic acids is 1. The smallest absolute Gasteiger partial charge is 0.307 e.